The second-order valence-electron chi connectivity index (χ2n) is 11.0. The van der Waals surface area contributed by atoms with E-state index < -0.39 is 12.3 Å². The lowest BCUT2D eigenvalue weighted by atomic mass is 9.76. The molecule has 8 nitrogen and oxygen atoms in total. The van der Waals surface area contributed by atoms with Gasteiger partial charge in [0.05, 0.1) is 6.61 Å². The van der Waals surface area contributed by atoms with Crippen LogP contribution < -0.4 is 20.7 Å². The Bertz CT molecular complexity index is 1500. The molecule has 230 valence electrons. The average molecular weight is 639 g/mol. The molecular formula is C30H32Cl2F3N5O3. The van der Waals surface area contributed by atoms with Gasteiger partial charge in [0.1, 0.15) is 11.9 Å². The van der Waals surface area contributed by atoms with Gasteiger partial charge < -0.3 is 25.4 Å². The molecule has 0 unspecified atom stereocenters. The Balaban J connectivity index is 1.38. The summed E-state index contributed by atoms with van der Waals surface area (Å²) in [4.78, 5) is 22.4. The molecule has 3 N–H and O–H groups in total. The van der Waals surface area contributed by atoms with Gasteiger partial charge in [-0.1, -0.05) is 41.4 Å². The van der Waals surface area contributed by atoms with Crippen LogP contribution in [0.15, 0.2) is 42.5 Å². The lowest BCUT2D eigenvalue weighted by Gasteiger charge is -2.39. The predicted octanol–water partition coefficient (Wildman–Crippen LogP) is 6.54. The highest BCUT2D eigenvalue weighted by Gasteiger charge is 2.46. The van der Waals surface area contributed by atoms with Crippen LogP contribution in [-0.2, 0) is 9.53 Å². The molecule has 2 aliphatic heterocycles. The highest BCUT2D eigenvalue weighted by Crippen LogP contribution is 2.44. The molecule has 2 saturated heterocycles. The van der Waals surface area contributed by atoms with E-state index in [0.717, 1.165) is 18.4 Å². The lowest BCUT2D eigenvalue weighted by Crippen LogP contribution is -2.41. The number of hydrogen-bond acceptors (Lipinski definition) is 8. The molecule has 3 aromatic rings. The quantitative estimate of drug-likeness (QED) is 0.282. The Morgan fingerprint density at radius 1 is 1.16 bits per heavy atom. The first-order valence-electron chi connectivity index (χ1n) is 14.0. The summed E-state index contributed by atoms with van der Waals surface area (Å²) in [6.45, 7) is 5.74. The van der Waals surface area contributed by atoms with E-state index in [0.29, 0.717) is 49.1 Å². The minimum Gasteiger partial charge on any atom is -0.465 e. The number of nitrogens with one attached hydrogen (secondary N) is 1. The maximum Gasteiger partial charge on any atom is 0.429 e. The summed E-state index contributed by atoms with van der Waals surface area (Å²) in [5, 5.41) is 3.94. The number of ether oxygens (including phenoxy) is 2. The van der Waals surface area contributed by atoms with Crippen LogP contribution >= 0.6 is 23.2 Å². The Morgan fingerprint density at radius 3 is 2.58 bits per heavy atom. The number of piperidine rings is 1. The Kier molecular flexibility index (Phi) is 8.97. The zero-order valence-corrected chi connectivity index (χ0v) is 25.2. The van der Waals surface area contributed by atoms with Crippen molar-refractivity contribution in [3.8, 4) is 17.0 Å². The number of nitrogen functional groups attached to an aromatic ring is 1. The molecule has 5 rings (SSSR count). The zero-order valence-electron chi connectivity index (χ0n) is 23.7. The standard InChI is InChI=1S/C30H32Cl2F3N5O3/c1-3-42-27(41)23-15-29(16-37-23)8-10-40(11-9-29)24-14-25(39-28(36)38-24)43-26(30(33,34)35)20-7-6-19(31)13-21(20)18-5-4-17(2)22(32)12-18/h4-7,12-14,23,26,37H,3,8-11,15-16H2,1-2H3,(H2,36,38,39)/t23-,26+/m0/s1. The third-order valence-corrected chi connectivity index (χ3v) is 8.75. The van der Waals surface area contributed by atoms with Crippen LogP contribution in [0.25, 0.3) is 11.1 Å². The van der Waals surface area contributed by atoms with Gasteiger partial charge in [-0.3, -0.25) is 4.79 Å². The van der Waals surface area contributed by atoms with Gasteiger partial charge in [0.25, 0.3) is 0 Å². The molecule has 13 heteroatoms. The van der Waals surface area contributed by atoms with Crippen molar-refractivity contribution >= 4 is 40.9 Å². The Hall–Kier alpha value is -3.28. The number of nitrogens with two attached hydrogens (primary N) is 1. The topological polar surface area (TPSA) is 103 Å². The summed E-state index contributed by atoms with van der Waals surface area (Å²) >= 11 is 12.5. The van der Waals surface area contributed by atoms with Gasteiger partial charge in [-0.2, -0.15) is 23.1 Å². The average Bonchev–Trinajstić information content (AvgIpc) is 3.36. The number of benzene rings is 2. The molecule has 2 aromatic carbocycles. The van der Waals surface area contributed by atoms with E-state index in [1.54, 1.807) is 32.0 Å². The molecule has 3 heterocycles. The van der Waals surface area contributed by atoms with Crippen molar-refractivity contribution in [3.63, 3.8) is 0 Å². The lowest BCUT2D eigenvalue weighted by molar-refractivity contribution is -0.198. The van der Waals surface area contributed by atoms with E-state index in [1.165, 1.54) is 24.3 Å². The third kappa shape index (κ3) is 6.94. The number of aryl methyl sites for hydroxylation is 1. The van der Waals surface area contributed by atoms with E-state index in [4.69, 9.17) is 38.4 Å². The molecule has 43 heavy (non-hydrogen) atoms. The summed E-state index contributed by atoms with van der Waals surface area (Å²) in [6, 6.07) is 10.2. The summed E-state index contributed by atoms with van der Waals surface area (Å²) < 4.78 is 54.5. The van der Waals surface area contributed by atoms with E-state index in [-0.39, 0.29) is 45.4 Å². The normalized spacial score (nSPS) is 19.0. The van der Waals surface area contributed by atoms with Crippen molar-refractivity contribution in [3.05, 3.63) is 63.6 Å². The Morgan fingerprint density at radius 2 is 1.91 bits per heavy atom. The minimum absolute atomic E-state index is 0.0723. The van der Waals surface area contributed by atoms with Gasteiger partial charge in [-0.05, 0) is 73.4 Å². The number of hydrogen-bond donors (Lipinski definition) is 2. The van der Waals surface area contributed by atoms with Crippen molar-refractivity contribution in [2.24, 2.45) is 5.41 Å². The highest BCUT2D eigenvalue weighted by atomic mass is 35.5. The van der Waals surface area contributed by atoms with Gasteiger partial charge in [-0.25, -0.2) is 0 Å². The van der Waals surface area contributed by atoms with Crippen LogP contribution in [-0.4, -0.2) is 54.4 Å². The van der Waals surface area contributed by atoms with Crippen molar-refractivity contribution in [1.29, 1.82) is 0 Å². The van der Waals surface area contributed by atoms with Crippen LogP contribution in [0.2, 0.25) is 10.0 Å². The fourth-order valence-electron chi connectivity index (χ4n) is 5.77. The first kappa shape index (κ1) is 31.2. The zero-order chi connectivity index (χ0) is 30.9. The molecule has 1 spiro atoms. The van der Waals surface area contributed by atoms with Gasteiger partial charge in [0.2, 0.25) is 17.9 Å². The maximum absolute atomic E-state index is 14.6. The fourth-order valence-corrected chi connectivity index (χ4v) is 6.12. The largest absolute Gasteiger partial charge is 0.465 e. The molecule has 2 fully saturated rings. The number of nitrogens with zero attached hydrogens (tertiary/aromatic N) is 3. The van der Waals surface area contributed by atoms with Crippen LogP contribution in [0.4, 0.5) is 24.9 Å². The van der Waals surface area contributed by atoms with Crippen molar-refractivity contribution < 1.29 is 27.4 Å². The number of aromatic nitrogens is 2. The number of carbonyl (C=O) groups excluding carboxylic acids is 1. The number of carbonyl (C=O) groups is 1. The summed E-state index contributed by atoms with van der Waals surface area (Å²) in [5.41, 5.74) is 7.20. The van der Waals surface area contributed by atoms with Crippen LogP contribution in [0.5, 0.6) is 5.88 Å². The number of anilines is 2. The SMILES string of the molecule is CCOC(=O)[C@@H]1CC2(CCN(c3cc(O[C@H](c4ccc(Cl)cc4-c4ccc(C)c(Cl)c4)C(F)(F)F)nc(N)n3)CC2)CN1. The van der Waals surface area contributed by atoms with E-state index in [2.05, 4.69) is 15.3 Å². The molecule has 0 aliphatic carbocycles. The van der Waals surface area contributed by atoms with Crippen molar-refractivity contribution in [2.75, 3.05) is 36.9 Å². The number of halogens is 5. The van der Waals surface area contributed by atoms with Crippen molar-refractivity contribution in [1.82, 2.24) is 15.3 Å². The second kappa shape index (κ2) is 12.4. The number of alkyl halides is 3. The van der Waals surface area contributed by atoms with E-state index in [1.807, 2.05) is 4.90 Å². The maximum atomic E-state index is 14.6. The summed E-state index contributed by atoms with van der Waals surface area (Å²) in [5.74, 6) is -0.397. The first-order valence-corrected chi connectivity index (χ1v) is 14.7. The smallest absolute Gasteiger partial charge is 0.429 e. The van der Waals surface area contributed by atoms with Crippen molar-refractivity contribution in [2.45, 2.75) is 51.4 Å². The third-order valence-electron chi connectivity index (χ3n) is 8.10. The minimum atomic E-state index is -4.81. The summed E-state index contributed by atoms with van der Waals surface area (Å²) in [7, 11) is 0. The molecule has 1 aromatic heterocycles. The Labute approximate surface area is 257 Å². The molecular weight excluding hydrogens is 606 g/mol. The predicted molar refractivity (Wildman–Crippen MR) is 159 cm³/mol. The second-order valence-corrected chi connectivity index (χ2v) is 11.9. The van der Waals surface area contributed by atoms with Crippen LogP contribution in [0.1, 0.15) is 43.4 Å². The molecule has 0 radical (unpaired) electrons. The summed E-state index contributed by atoms with van der Waals surface area (Å²) in [6.07, 6.45) is -5.00. The highest BCUT2D eigenvalue weighted by molar-refractivity contribution is 6.32. The molecule has 0 bridgehead atoms. The molecule has 0 amide bonds. The molecule has 0 saturated carbocycles. The van der Waals surface area contributed by atoms with Gasteiger partial charge in [-0.15, -0.1) is 0 Å². The monoisotopic (exact) mass is 637 g/mol. The van der Waals surface area contributed by atoms with E-state index >= 15 is 0 Å². The molecule has 2 aliphatic rings. The number of rotatable bonds is 7. The van der Waals surface area contributed by atoms with E-state index in [9.17, 15) is 18.0 Å². The van der Waals surface area contributed by atoms with Crippen LogP contribution in [0, 0.1) is 12.3 Å². The number of esters is 1. The van der Waals surface area contributed by atoms with Gasteiger partial charge in [0.15, 0.2) is 0 Å². The fraction of sp³-hybridized carbons (Fsp3) is 0.433. The van der Waals surface area contributed by atoms with Crippen LogP contribution in [0.3, 0.4) is 0 Å². The first-order chi connectivity index (χ1) is 20.4. The van der Waals surface area contributed by atoms with Gasteiger partial charge in [0, 0.05) is 41.3 Å². The molecule has 2 atom stereocenters. The van der Waals surface area contributed by atoms with Gasteiger partial charge >= 0.3 is 12.1 Å².